The molecular weight excluding hydrogens is 552 g/mol. The first-order chi connectivity index (χ1) is 21.4. The maximum Gasteiger partial charge on any atom is 0.246 e. The molecule has 1 saturated carbocycles. The van der Waals surface area contributed by atoms with Crippen molar-refractivity contribution in [2.45, 2.75) is 76.5 Å². The SMILES string of the molecule is C=CC(=O)N1C[C@H](C)N(c2c(C#N)c(OCC3CCCN3C)nc3c2CCN(c2c(C4CC4)ccc4[nH]ncc24)C3)C[C@H]1C. The van der Waals surface area contributed by atoms with E-state index in [1.54, 1.807) is 0 Å². The number of benzene rings is 1. The fraction of sp³-hybridized carbons (Fsp3) is 0.529. The lowest BCUT2D eigenvalue weighted by molar-refractivity contribution is -0.128. The van der Waals surface area contributed by atoms with Crippen LogP contribution in [0.4, 0.5) is 11.4 Å². The van der Waals surface area contributed by atoms with E-state index in [1.807, 2.05) is 11.1 Å². The largest absolute Gasteiger partial charge is 0.475 e. The van der Waals surface area contributed by atoms with Crippen molar-refractivity contribution in [2.24, 2.45) is 0 Å². The number of likely N-dealkylation sites (tertiary alicyclic amines) is 1. The predicted octanol–water partition coefficient (Wildman–Crippen LogP) is 4.35. The summed E-state index contributed by atoms with van der Waals surface area (Å²) in [7, 11) is 2.14. The highest BCUT2D eigenvalue weighted by molar-refractivity contribution is 5.94. The van der Waals surface area contributed by atoms with Crippen LogP contribution in [-0.2, 0) is 17.8 Å². The van der Waals surface area contributed by atoms with Gasteiger partial charge in [0.25, 0.3) is 0 Å². The number of carbonyl (C=O) groups is 1. The number of likely N-dealkylation sites (N-methyl/N-ethyl adjacent to an activating group) is 1. The Morgan fingerprint density at radius 1 is 1.18 bits per heavy atom. The number of fused-ring (bicyclic) bond motifs is 2. The molecular formula is C34H42N8O2. The molecule has 10 heteroatoms. The van der Waals surface area contributed by atoms with Crippen LogP contribution < -0.4 is 14.5 Å². The molecule has 230 valence electrons. The van der Waals surface area contributed by atoms with Crippen LogP contribution in [-0.4, -0.2) is 88.8 Å². The molecule has 0 radical (unpaired) electrons. The number of nitriles is 1. The van der Waals surface area contributed by atoms with E-state index in [-0.39, 0.29) is 18.0 Å². The molecule has 4 aliphatic rings. The number of ether oxygens (including phenoxy) is 1. The van der Waals surface area contributed by atoms with Gasteiger partial charge in [-0.15, -0.1) is 0 Å². The van der Waals surface area contributed by atoms with E-state index in [4.69, 9.17) is 9.72 Å². The smallest absolute Gasteiger partial charge is 0.246 e. The molecule has 3 aromatic rings. The van der Waals surface area contributed by atoms with Gasteiger partial charge < -0.3 is 24.3 Å². The zero-order valence-corrected chi connectivity index (χ0v) is 26.1. The summed E-state index contributed by atoms with van der Waals surface area (Å²) in [6.07, 6.45) is 8.78. The third kappa shape index (κ3) is 4.97. The van der Waals surface area contributed by atoms with E-state index in [0.29, 0.717) is 49.6 Å². The van der Waals surface area contributed by atoms with E-state index in [9.17, 15) is 10.1 Å². The lowest BCUT2D eigenvalue weighted by Gasteiger charge is -2.46. The van der Waals surface area contributed by atoms with Crippen molar-refractivity contribution in [1.29, 1.82) is 5.26 Å². The van der Waals surface area contributed by atoms with Gasteiger partial charge in [-0.1, -0.05) is 12.6 Å². The Balaban J connectivity index is 1.30. The highest BCUT2D eigenvalue weighted by Gasteiger charge is 2.38. The topological polar surface area (TPSA) is 105 Å². The Morgan fingerprint density at radius 3 is 2.75 bits per heavy atom. The maximum atomic E-state index is 12.6. The standard InChI is InChI=1S/C34H42N8O2/c1-5-31(43)41-17-22(3)42(18-21(41)2)33-26-12-14-40(32-25(23-8-9-23)10-11-29-28(32)16-36-38-29)19-30(26)37-34(27(33)15-35)44-20-24-7-6-13-39(24)4/h5,10-11,16,21-24H,1,6-9,12-14,17-20H2,2-4H3,(H,36,38)/t21-,22+,24?/m1/s1. The second-order valence-corrected chi connectivity index (χ2v) is 13.1. The monoisotopic (exact) mass is 594 g/mol. The first kappa shape index (κ1) is 28.7. The summed E-state index contributed by atoms with van der Waals surface area (Å²) in [5.74, 6) is 0.965. The number of pyridine rings is 1. The zero-order valence-electron chi connectivity index (χ0n) is 26.1. The minimum atomic E-state index is -0.0542. The van der Waals surface area contributed by atoms with Gasteiger partial charge in [0, 0.05) is 48.7 Å². The van der Waals surface area contributed by atoms with Crippen molar-refractivity contribution in [2.75, 3.05) is 49.6 Å². The van der Waals surface area contributed by atoms with Gasteiger partial charge in [-0.3, -0.25) is 9.89 Å². The number of nitrogens with one attached hydrogen (secondary N) is 1. The maximum absolute atomic E-state index is 12.6. The number of carbonyl (C=O) groups excluding carboxylic acids is 1. The Kier molecular flexibility index (Phi) is 7.45. The molecule has 1 aromatic carbocycles. The first-order valence-electron chi connectivity index (χ1n) is 16.1. The predicted molar refractivity (Wildman–Crippen MR) is 171 cm³/mol. The van der Waals surface area contributed by atoms with E-state index >= 15 is 0 Å². The van der Waals surface area contributed by atoms with Crippen LogP contribution in [0.15, 0.2) is 31.0 Å². The van der Waals surface area contributed by atoms with Gasteiger partial charge in [0.1, 0.15) is 18.2 Å². The van der Waals surface area contributed by atoms with Crippen LogP contribution in [0.2, 0.25) is 0 Å². The lowest BCUT2D eigenvalue weighted by atomic mass is 9.94. The number of amides is 1. The highest BCUT2D eigenvalue weighted by atomic mass is 16.5. The summed E-state index contributed by atoms with van der Waals surface area (Å²) in [6, 6.07) is 7.23. The van der Waals surface area contributed by atoms with Crippen LogP contribution in [0, 0.1) is 11.3 Å². The Bertz CT molecular complexity index is 1640. The van der Waals surface area contributed by atoms with Crippen LogP contribution in [0.3, 0.4) is 0 Å². The molecule has 3 fully saturated rings. The van der Waals surface area contributed by atoms with Crippen LogP contribution in [0.1, 0.15) is 67.8 Å². The fourth-order valence-electron chi connectivity index (χ4n) is 7.57. The zero-order chi connectivity index (χ0) is 30.5. The van der Waals surface area contributed by atoms with Crippen LogP contribution >= 0.6 is 0 Å². The van der Waals surface area contributed by atoms with Crippen molar-refractivity contribution in [3.05, 3.63) is 53.4 Å². The summed E-state index contributed by atoms with van der Waals surface area (Å²) in [5, 5.41) is 19.3. The third-order valence-electron chi connectivity index (χ3n) is 10.2. The molecule has 7 rings (SSSR count). The Labute approximate surface area is 259 Å². The van der Waals surface area contributed by atoms with Gasteiger partial charge in [-0.05, 0) is 83.2 Å². The molecule has 3 atom stereocenters. The summed E-state index contributed by atoms with van der Waals surface area (Å²) in [4.78, 5) is 26.8. The molecule has 0 bridgehead atoms. The average Bonchev–Trinajstić information content (AvgIpc) is 3.62. The molecule has 10 nitrogen and oxygen atoms in total. The Hall–Kier alpha value is -4.10. The molecule has 1 unspecified atom stereocenters. The molecule has 0 spiro atoms. The van der Waals surface area contributed by atoms with Crippen molar-refractivity contribution >= 4 is 28.2 Å². The van der Waals surface area contributed by atoms with Crippen molar-refractivity contribution < 1.29 is 9.53 Å². The van der Waals surface area contributed by atoms with E-state index in [1.165, 1.54) is 30.2 Å². The van der Waals surface area contributed by atoms with Gasteiger partial charge in [-0.25, -0.2) is 4.98 Å². The number of hydrogen-bond acceptors (Lipinski definition) is 8. The third-order valence-corrected chi connectivity index (χ3v) is 10.2. The van der Waals surface area contributed by atoms with Crippen LogP contribution in [0.5, 0.6) is 5.88 Å². The number of hydrogen-bond donors (Lipinski definition) is 1. The quantitative estimate of drug-likeness (QED) is 0.403. The summed E-state index contributed by atoms with van der Waals surface area (Å²) < 4.78 is 6.48. The Morgan fingerprint density at radius 2 is 2.02 bits per heavy atom. The molecule has 2 aromatic heterocycles. The normalized spacial score (nSPS) is 24.0. The highest BCUT2D eigenvalue weighted by Crippen LogP contribution is 2.48. The lowest BCUT2D eigenvalue weighted by Crippen LogP contribution is -2.58. The van der Waals surface area contributed by atoms with Gasteiger partial charge in [0.2, 0.25) is 11.8 Å². The van der Waals surface area contributed by atoms with Gasteiger partial charge in [0.05, 0.1) is 35.3 Å². The number of rotatable bonds is 7. The fourth-order valence-corrected chi connectivity index (χ4v) is 7.57. The average molecular weight is 595 g/mol. The molecule has 1 amide bonds. The summed E-state index contributed by atoms with van der Waals surface area (Å²) in [6.45, 7) is 12.1. The van der Waals surface area contributed by atoms with Crippen molar-refractivity contribution in [3.63, 3.8) is 0 Å². The van der Waals surface area contributed by atoms with Crippen molar-refractivity contribution in [1.82, 2.24) is 25.0 Å². The number of aromatic amines is 1. The first-order valence-corrected chi connectivity index (χ1v) is 16.1. The van der Waals surface area contributed by atoms with Crippen LogP contribution in [0.25, 0.3) is 10.9 Å². The minimum Gasteiger partial charge on any atom is -0.475 e. The number of anilines is 2. The van der Waals surface area contributed by atoms with E-state index < -0.39 is 0 Å². The molecule has 1 aliphatic carbocycles. The van der Waals surface area contributed by atoms with Gasteiger partial charge in [0.15, 0.2) is 0 Å². The summed E-state index contributed by atoms with van der Waals surface area (Å²) in [5.41, 5.74) is 7.22. The van der Waals surface area contributed by atoms with Gasteiger partial charge >= 0.3 is 0 Å². The number of piperazine rings is 1. The second kappa shape index (κ2) is 11.4. The molecule has 44 heavy (non-hydrogen) atoms. The van der Waals surface area contributed by atoms with Gasteiger partial charge in [-0.2, -0.15) is 10.4 Å². The van der Waals surface area contributed by atoms with E-state index in [2.05, 4.69) is 70.6 Å². The molecule has 2 saturated heterocycles. The molecule has 5 heterocycles. The second-order valence-electron chi connectivity index (χ2n) is 13.1. The van der Waals surface area contributed by atoms with E-state index in [0.717, 1.165) is 60.2 Å². The molecule has 3 aliphatic heterocycles. The number of H-pyrrole nitrogens is 1. The number of aromatic nitrogens is 3. The minimum absolute atomic E-state index is 0.0155. The summed E-state index contributed by atoms with van der Waals surface area (Å²) >= 11 is 0. The molecule has 1 N–H and O–H groups in total. The number of nitrogens with zero attached hydrogens (tertiary/aromatic N) is 7. The van der Waals surface area contributed by atoms with Crippen molar-refractivity contribution in [3.8, 4) is 11.9 Å².